The van der Waals surface area contributed by atoms with Crippen LogP contribution in [0.2, 0.25) is 0 Å². The molecule has 0 atom stereocenters. The van der Waals surface area contributed by atoms with Crippen molar-refractivity contribution in [1.82, 2.24) is 0 Å². The van der Waals surface area contributed by atoms with Crippen molar-refractivity contribution in [3.8, 4) is 0 Å². The summed E-state index contributed by atoms with van der Waals surface area (Å²) in [6.07, 6.45) is 3.35. The number of hydrogen-bond acceptors (Lipinski definition) is 2. The third kappa shape index (κ3) is 1.62. The van der Waals surface area contributed by atoms with E-state index in [0.29, 0.717) is 12.2 Å². The number of ether oxygens (including phenoxy) is 1. The Morgan fingerprint density at radius 3 is 2.71 bits per heavy atom. The fourth-order valence-electron chi connectivity index (χ4n) is 3.30. The Kier molecular flexibility index (Phi) is 2.55. The number of carbonyl (C=O) groups is 1. The van der Waals surface area contributed by atoms with Gasteiger partial charge in [0.25, 0.3) is 0 Å². The monoisotopic (exact) mass is 230 g/mol. The molecule has 0 aromatic heterocycles. The lowest BCUT2D eigenvalue weighted by Crippen LogP contribution is -2.44. The van der Waals surface area contributed by atoms with Gasteiger partial charge in [0.05, 0.1) is 5.41 Å². The molecule has 0 amide bonds. The molecule has 1 aromatic carbocycles. The molecule has 90 valence electrons. The molecule has 1 spiro atoms. The van der Waals surface area contributed by atoms with Crippen molar-refractivity contribution in [3.05, 3.63) is 34.9 Å². The zero-order chi connectivity index (χ0) is 11.9. The molecule has 1 heterocycles. The van der Waals surface area contributed by atoms with Crippen LogP contribution in [0.3, 0.4) is 0 Å². The van der Waals surface area contributed by atoms with Crippen molar-refractivity contribution in [2.45, 2.75) is 38.0 Å². The molecular formula is C15H18O2. The van der Waals surface area contributed by atoms with E-state index in [1.54, 1.807) is 0 Å². The Hall–Kier alpha value is -1.15. The third-order valence-electron chi connectivity index (χ3n) is 4.28. The summed E-state index contributed by atoms with van der Waals surface area (Å²) in [6, 6.07) is 6.56. The highest BCUT2D eigenvalue weighted by Gasteiger charge is 2.44. The highest BCUT2D eigenvalue weighted by atomic mass is 16.5. The van der Waals surface area contributed by atoms with E-state index in [1.807, 2.05) is 0 Å². The van der Waals surface area contributed by atoms with E-state index < -0.39 is 0 Å². The number of carbonyl (C=O) groups excluding carboxylic acids is 1. The van der Waals surface area contributed by atoms with Gasteiger partial charge in [0, 0.05) is 19.6 Å². The molecule has 0 unspecified atom stereocenters. The van der Waals surface area contributed by atoms with Crippen LogP contribution < -0.4 is 0 Å². The molecule has 1 saturated heterocycles. The fraction of sp³-hybridized carbons (Fsp3) is 0.533. The first-order valence-electron chi connectivity index (χ1n) is 6.43. The van der Waals surface area contributed by atoms with E-state index in [-0.39, 0.29) is 5.41 Å². The number of benzene rings is 1. The third-order valence-corrected chi connectivity index (χ3v) is 4.28. The lowest BCUT2D eigenvalue weighted by atomic mass is 9.64. The fourth-order valence-corrected chi connectivity index (χ4v) is 3.30. The maximum atomic E-state index is 12.4. The second-order valence-corrected chi connectivity index (χ2v) is 5.28. The van der Waals surface area contributed by atoms with Gasteiger partial charge in [0.2, 0.25) is 0 Å². The highest BCUT2D eigenvalue weighted by Crippen LogP contribution is 2.42. The molecule has 0 N–H and O–H groups in total. The molecule has 1 fully saturated rings. The van der Waals surface area contributed by atoms with Crippen molar-refractivity contribution >= 4 is 5.78 Å². The molecule has 2 nitrogen and oxygen atoms in total. The predicted octanol–water partition coefficient (Wildman–Crippen LogP) is 2.56. The second-order valence-electron chi connectivity index (χ2n) is 5.28. The quantitative estimate of drug-likeness (QED) is 0.684. The summed E-state index contributed by atoms with van der Waals surface area (Å²) in [4.78, 5) is 12.4. The van der Waals surface area contributed by atoms with Crippen molar-refractivity contribution in [2.24, 2.45) is 0 Å². The Labute approximate surface area is 102 Å². The standard InChI is InChI=1S/C15H18O2/c1-11-2-4-13-12(10-11)3-5-14(16)15(13)6-8-17-9-7-15/h2,4,10H,3,5-9H2,1H3. The van der Waals surface area contributed by atoms with Crippen molar-refractivity contribution in [2.75, 3.05) is 13.2 Å². The van der Waals surface area contributed by atoms with Crippen LogP contribution in [-0.2, 0) is 21.4 Å². The smallest absolute Gasteiger partial charge is 0.143 e. The van der Waals surface area contributed by atoms with Crippen molar-refractivity contribution in [1.29, 1.82) is 0 Å². The minimum Gasteiger partial charge on any atom is -0.381 e. The largest absolute Gasteiger partial charge is 0.381 e. The molecule has 0 saturated carbocycles. The lowest BCUT2D eigenvalue weighted by molar-refractivity contribution is -0.129. The SMILES string of the molecule is Cc1ccc2c(c1)CCC(=O)C21CCOCC1. The van der Waals surface area contributed by atoms with Gasteiger partial charge < -0.3 is 4.74 Å². The van der Waals surface area contributed by atoms with Gasteiger partial charge in [-0.2, -0.15) is 0 Å². The number of aryl methyl sites for hydroxylation is 2. The van der Waals surface area contributed by atoms with Crippen molar-refractivity contribution in [3.63, 3.8) is 0 Å². The molecule has 3 rings (SSSR count). The molecule has 2 heteroatoms. The Bertz CT molecular complexity index is 456. The van der Waals surface area contributed by atoms with Gasteiger partial charge in [0.1, 0.15) is 5.78 Å². The number of fused-ring (bicyclic) bond motifs is 2. The van der Waals surface area contributed by atoms with Gasteiger partial charge >= 0.3 is 0 Å². The Morgan fingerprint density at radius 2 is 1.94 bits per heavy atom. The van der Waals surface area contributed by atoms with Crippen LogP contribution in [0, 0.1) is 6.92 Å². The van der Waals surface area contributed by atoms with Gasteiger partial charge in [-0.3, -0.25) is 4.79 Å². The summed E-state index contributed by atoms with van der Waals surface area (Å²) in [5.41, 5.74) is 3.73. The summed E-state index contributed by atoms with van der Waals surface area (Å²) in [5, 5.41) is 0. The van der Waals surface area contributed by atoms with Crippen LogP contribution in [0.15, 0.2) is 18.2 Å². The minimum atomic E-state index is -0.223. The average Bonchev–Trinajstić information content (AvgIpc) is 2.35. The summed E-state index contributed by atoms with van der Waals surface area (Å²) >= 11 is 0. The first-order valence-corrected chi connectivity index (χ1v) is 6.43. The highest BCUT2D eigenvalue weighted by molar-refractivity contribution is 5.92. The first-order chi connectivity index (χ1) is 8.22. The summed E-state index contributed by atoms with van der Waals surface area (Å²) in [7, 11) is 0. The minimum absolute atomic E-state index is 0.223. The van der Waals surface area contributed by atoms with Crippen molar-refractivity contribution < 1.29 is 9.53 Å². The normalized spacial score (nSPS) is 22.5. The number of rotatable bonds is 0. The molecule has 17 heavy (non-hydrogen) atoms. The molecular weight excluding hydrogens is 212 g/mol. The van der Waals surface area contributed by atoms with Crippen LogP contribution in [0.1, 0.15) is 36.0 Å². The van der Waals surface area contributed by atoms with Crippen LogP contribution in [0.25, 0.3) is 0 Å². The predicted molar refractivity (Wildman–Crippen MR) is 66.2 cm³/mol. The van der Waals surface area contributed by atoms with E-state index >= 15 is 0 Å². The van der Waals surface area contributed by atoms with E-state index in [4.69, 9.17) is 4.74 Å². The van der Waals surface area contributed by atoms with Gasteiger partial charge in [-0.15, -0.1) is 0 Å². The summed E-state index contributed by atoms with van der Waals surface area (Å²) in [5.74, 6) is 0.428. The zero-order valence-electron chi connectivity index (χ0n) is 10.3. The summed E-state index contributed by atoms with van der Waals surface area (Å²) in [6.45, 7) is 3.56. The van der Waals surface area contributed by atoms with Crippen LogP contribution in [0.4, 0.5) is 0 Å². The molecule has 2 aliphatic rings. The number of ketones is 1. The number of hydrogen-bond donors (Lipinski definition) is 0. The molecule has 1 aliphatic heterocycles. The second kappa shape index (κ2) is 3.95. The topological polar surface area (TPSA) is 26.3 Å². The van der Waals surface area contributed by atoms with Crippen LogP contribution in [0.5, 0.6) is 0 Å². The lowest BCUT2D eigenvalue weighted by Gasteiger charge is -2.40. The van der Waals surface area contributed by atoms with E-state index in [0.717, 1.165) is 32.5 Å². The molecule has 1 aliphatic carbocycles. The molecule has 1 aromatic rings. The molecule has 0 bridgehead atoms. The van der Waals surface area contributed by atoms with Crippen LogP contribution >= 0.6 is 0 Å². The Morgan fingerprint density at radius 1 is 1.18 bits per heavy atom. The maximum absolute atomic E-state index is 12.4. The van der Waals surface area contributed by atoms with Gasteiger partial charge in [0.15, 0.2) is 0 Å². The first kappa shape index (κ1) is 11.0. The molecule has 0 radical (unpaired) electrons. The van der Waals surface area contributed by atoms with Gasteiger partial charge in [-0.1, -0.05) is 23.8 Å². The summed E-state index contributed by atoms with van der Waals surface area (Å²) < 4.78 is 5.43. The van der Waals surface area contributed by atoms with E-state index in [1.165, 1.54) is 16.7 Å². The van der Waals surface area contributed by atoms with Crippen LogP contribution in [-0.4, -0.2) is 19.0 Å². The average molecular weight is 230 g/mol. The number of Topliss-reactive ketones (excluding diaryl/α,β-unsaturated/α-hetero) is 1. The maximum Gasteiger partial charge on any atom is 0.143 e. The van der Waals surface area contributed by atoms with Gasteiger partial charge in [-0.25, -0.2) is 0 Å². The zero-order valence-corrected chi connectivity index (χ0v) is 10.3. The van der Waals surface area contributed by atoms with Gasteiger partial charge in [-0.05, 0) is 37.3 Å². The Balaban J connectivity index is 2.12. The van der Waals surface area contributed by atoms with E-state index in [9.17, 15) is 4.79 Å². The van der Waals surface area contributed by atoms with E-state index in [2.05, 4.69) is 25.1 Å².